The number of ether oxygens (including phenoxy) is 1. The maximum atomic E-state index is 12.5. The molecule has 0 unspecified atom stereocenters. The van der Waals surface area contributed by atoms with Crippen molar-refractivity contribution in [3.63, 3.8) is 0 Å². The van der Waals surface area contributed by atoms with Gasteiger partial charge in [-0.3, -0.25) is 9.20 Å². The van der Waals surface area contributed by atoms with Crippen molar-refractivity contribution >= 4 is 22.2 Å². The number of hydrogen-bond acceptors (Lipinski definition) is 4. The SMILES string of the molecule is COc1ccc(CNC(=O)c2c(C)nc3sc(C)cn23)cc1. The molecule has 1 aromatic carbocycles. The number of aromatic nitrogens is 2. The lowest BCUT2D eigenvalue weighted by Crippen LogP contribution is -2.24. The van der Waals surface area contributed by atoms with Crippen molar-refractivity contribution in [3.8, 4) is 5.75 Å². The third-order valence-electron chi connectivity index (χ3n) is 3.44. The minimum Gasteiger partial charge on any atom is -0.497 e. The van der Waals surface area contributed by atoms with Crippen LogP contribution in [0.5, 0.6) is 5.75 Å². The van der Waals surface area contributed by atoms with Gasteiger partial charge in [0.15, 0.2) is 4.96 Å². The second-order valence-corrected chi connectivity index (χ2v) is 6.28. The molecule has 0 fully saturated rings. The number of nitrogens with one attached hydrogen (secondary N) is 1. The molecule has 22 heavy (non-hydrogen) atoms. The summed E-state index contributed by atoms with van der Waals surface area (Å²) in [4.78, 5) is 18.9. The number of rotatable bonds is 4. The van der Waals surface area contributed by atoms with Crippen LogP contribution in [-0.2, 0) is 6.54 Å². The first-order chi connectivity index (χ1) is 10.6. The molecule has 0 aliphatic rings. The van der Waals surface area contributed by atoms with E-state index in [4.69, 9.17) is 4.74 Å². The monoisotopic (exact) mass is 315 g/mol. The van der Waals surface area contributed by atoms with Crippen LogP contribution in [0.4, 0.5) is 0 Å². The van der Waals surface area contributed by atoms with Crippen LogP contribution in [0, 0.1) is 13.8 Å². The van der Waals surface area contributed by atoms with E-state index in [9.17, 15) is 4.79 Å². The Labute approximate surface area is 132 Å². The molecule has 0 atom stereocenters. The lowest BCUT2D eigenvalue weighted by atomic mass is 10.2. The van der Waals surface area contributed by atoms with E-state index in [1.54, 1.807) is 18.4 Å². The molecule has 1 amide bonds. The Morgan fingerprint density at radius 3 is 2.73 bits per heavy atom. The second-order valence-electron chi connectivity index (χ2n) is 5.07. The van der Waals surface area contributed by atoms with Crippen molar-refractivity contribution < 1.29 is 9.53 Å². The standard InChI is InChI=1S/C16H17N3O2S/c1-10-9-19-14(11(2)18-16(19)22-10)15(20)17-8-12-4-6-13(21-3)7-5-12/h4-7,9H,8H2,1-3H3,(H,17,20). The molecule has 3 aromatic rings. The van der Waals surface area contributed by atoms with Crippen LogP contribution >= 0.6 is 11.3 Å². The van der Waals surface area contributed by atoms with Crippen LogP contribution in [0.1, 0.15) is 26.6 Å². The molecular weight excluding hydrogens is 298 g/mol. The van der Waals surface area contributed by atoms with E-state index < -0.39 is 0 Å². The van der Waals surface area contributed by atoms with Crippen molar-refractivity contribution in [1.82, 2.24) is 14.7 Å². The summed E-state index contributed by atoms with van der Waals surface area (Å²) < 4.78 is 6.98. The van der Waals surface area contributed by atoms with Gasteiger partial charge in [-0.05, 0) is 31.5 Å². The summed E-state index contributed by atoms with van der Waals surface area (Å²) in [5.41, 5.74) is 2.38. The summed E-state index contributed by atoms with van der Waals surface area (Å²) >= 11 is 1.58. The first-order valence-corrected chi connectivity index (χ1v) is 7.76. The summed E-state index contributed by atoms with van der Waals surface area (Å²) in [5.74, 6) is 0.691. The molecule has 2 heterocycles. The van der Waals surface area contributed by atoms with Gasteiger partial charge in [-0.25, -0.2) is 4.98 Å². The number of carbonyl (C=O) groups is 1. The van der Waals surface area contributed by atoms with E-state index in [1.807, 2.05) is 48.7 Å². The minimum absolute atomic E-state index is 0.112. The van der Waals surface area contributed by atoms with Crippen LogP contribution in [-0.4, -0.2) is 22.4 Å². The summed E-state index contributed by atoms with van der Waals surface area (Å²) in [6.07, 6.45) is 1.95. The third kappa shape index (κ3) is 2.69. The number of amides is 1. The molecule has 0 radical (unpaired) electrons. The lowest BCUT2D eigenvalue weighted by Gasteiger charge is -2.06. The molecule has 0 aliphatic heterocycles. The number of fused-ring (bicyclic) bond motifs is 1. The lowest BCUT2D eigenvalue weighted by molar-refractivity contribution is 0.0944. The van der Waals surface area contributed by atoms with Crippen molar-refractivity contribution in [2.24, 2.45) is 0 Å². The first kappa shape index (κ1) is 14.6. The zero-order valence-electron chi connectivity index (χ0n) is 12.7. The third-order valence-corrected chi connectivity index (χ3v) is 4.34. The fourth-order valence-corrected chi connectivity index (χ4v) is 3.22. The van der Waals surface area contributed by atoms with Crippen molar-refractivity contribution in [2.45, 2.75) is 20.4 Å². The van der Waals surface area contributed by atoms with Gasteiger partial charge in [0, 0.05) is 17.6 Å². The minimum atomic E-state index is -0.112. The molecule has 0 aliphatic carbocycles. The number of nitrogens with zero attached hydrogens (tertiary/aromatic N) is 2. The maximum Gasteiger partial charge on any atom is 0.270 e. The molecular formula is C16H17N3O2S. The van der Waals surface area contributed by atoms with Gasteiger partial charge in [-0.1, -0.05) is 12.1 Å². The maximum absolute atomic E-state index is 12.5. The first-order valence-electron chi connectivity index (χ1n) is 6.94. The van der Waals surface area contributed by atoms with Gasteiger partial charge in [0.25, 0.3) is 5.91 Å². The quantitative estimate of drug-likeness (QED) is 0.805. The molecule has 5 nitrogen and oxygen atoms in total. The number of hydrogen-bond donors (Lipinski definition) is 1. The van der Waals surface area contributed by atoms with E-state index in [1.165, 1.54) is 0 Å². The number of benzene rings is 1. The van der Waals surface area contributed by atoms with Crippen LogP contribution in [0.2, 0.25) is 0 Å². The van der Waals surface area contributed by atoms with Crippen molar-refractivity contribution in [3.05, 3.63) is 52.3 Å². The number of thiazole rings is 1. The average Bonchev–Trinajstić information content (AvgIpc) is 2.99. The number of imidazole rings is 1. The van der Waals surface area contributed by atoms with E-state index in [-0.39, 0.29) is 5.91 Å². The molecule has 0 spiro atoms. The van der Waals surface area contributed by atoms with Gasteiger partial charge in [-0.2, -0.15) is 0 Å². The van der Waals surface area contributed by atoms with Gasteiger partial charge >= 0.3 is 0 Å². The zero-order chi connectivity index (χ0) is 15.7. The molecule has 2 aromatic heterocycles. The fraction of sp³-hybridized carbons (Fsp3) is 0.250. The Hall–Kier alpha value is -2.34. The van der Waals surface area contributed by atoms with E-state index in [0.717, 1.165) is 26.8 Å². The molecule has 1 N–H and O–H groups in total. The predicted octanol–water partition coefficient (Wildman–Crippen LogP) is 2.95. The predicted molar refractivity (Wildman–Crippen MR) is 86.7 cm³/mol. The Morgan fingerprint density at radius 2 is 2.05 bits per heavy atom. The largest absolute Gasteiger partial charge is 0.497 e. The highest BCUT2D eigenvalue weighted by Gasteiger charge is 2.17. The van der Waals surface area contributed by atoms with Crippen LogP contribution in [0.15, 0.2) is 30.5 Å². The summed E-state index contributed by atoms with van der Waals surface area (Å²) in [5, 5.41) is 2.95. The van der Waals surface area contributed by atoms with Crippen LogP contribution in [0.3, 0.4) is 0 Å². The van der Waals surface area contributed by atoms with Gasteiger partial charge in [0.1, 0.15) is 11.4 Å². The zero-order valence-corrected chi connectivity index (χ0v) is 13.5. The van der Waals surface area contributed by atoms with Crippen molar-refractivity contribution in [2.75, 3.05) is 7.11 Å². The summed E-state index contributed by atoms with van der Waals surface area (Å²) in [7, 11) is 1.63. The second kappa shape index (κ2) is 5.81. The van der Waals surface area contributed by atoms with Gasteiger partial charge in [0.2, 0.25) is 0 Å². The van der Waals surface area contributed by atoms with E-state index in [0.29, 0.717) is 12.2 Å². The highest BCUT2D eigenvalue weighted by molar-refractivity contribution is 7.17. The normalized spacial score (nSPS) is 10.9. The topological polar surface area (TPSA) is 55.6 Å². The molecule has 0 bridgehead atoms. The Kier molecular flexibility index (Phi) is 3.85. The van der Waals surface area contributed by atoms with Gasteiger partial charge in [-0.15, -0.1) is 11.3 Å². The highest BCUT2D eigenvalue weighted by Crippen LogP contribution is 2.20. The Morgan fingerprint density at radius 1 is 1.32 bits per heavy atom. The average molecular weight is 315 g/mol. The number of aryl methyl sites for hydroxylation is 2. The van der Waals surface area contributed by atoms with Crippen LogP contribution in [0.25, 0.3) is 4.96 Å². The van der Waals surface area contributed by atoms with E-state index in [2.05, 4.69) is 10.3 Å². The highest BCUT2D eigenvalue weighted by atomic mass is 32.1. The molecule has 114 valence electrons. The molecule has 3 rings (SSSR count). The smallest absolute Gasteiger partial charge is 0.270 e. The van der Waals surface area contributed by atoms with Gasteiger partial charge in [0.05, 0.1) is 12.8 Å². The van der Waals surface area contributed by atoms with Gasteiger partial charge < -0.3 is 10.1 Å². The summed E-state index contributed by atoms with van der Waals surface area (Å²) in [6, 6.07) is 7.64. The van der Waals surface area contributed by atoms with Crippen molar-refractivity contribution in [1.29, 1.82) is 0 Å². The number of carbonyl (C=O) groups excluding carboxylic acids is 1. The number of methoxy groups -OCH3 is 1. The summed E-state index contributed by atoms with van der Waals surface area (Å²) in [6.45, 7) is 4.34. The molecule has 0 saturated heterocycles. The van der Waals surface area contributed by atoms with Crippen LogP contribution < -0.4 is 10.1 Å². The molecule has 0 saturated carbocycles. The Bertz CT molecular complexity index is 818. The molecule has 6 heteroatoms. The Balaban J connectivity index is 1.76. The van der Waals surface area contributed by atoms with E-state index >= 15 is 0 Å². The fourth-order valence-electron chi connectivity index (χ4n) is 2.35.